The monoisotopic (exact) mass is 266 g/mol. The number of nitrogens with two attached hydrogens (primary N) is 1. The zero-order valence-corrected chi connectivity index (χ0v) is 11.4. The second kappa shape index (κ2) is 7.70. The predicted octanol–water partition coefficient (Wildman–Crippen LogP) is 0.673. The Morgan fingerprint density at radius 3 is 2.84 bits per heavy atom. The highest BCUT2D eigenvalue weighted by Crippen LogP contribution is 2.08. The molecule has 0 aliphatic heterocycles. The van der Waals surface area contributed by atoms with Gasteiger partial charge in [-0.25, -0.2) is 0 Å². The van der Waals surface area contributed by atoms with Gasteiger partial charge in [0, 0.05) is 18.8 Å². The summed E-state index contributed by atoms with van der Waals surface area (Å²) < 4.78 is 0. The van der Waals surface area contributed by atoms with E-state index in [1.54, 1.807) is 12.3 Å². The van der Waals surface area contributed by atoms with Gasteiger partial charge in [-0.2, -0.15) is 0 Å². The number of aliphatic hydroxyl groups is 1. The number of amidine groups is 1. The molecule has 0 saturated heterocycles. The van der Waals surface area contributed by atoms with Gasteiger partial charge in [-0.1, -0.05) is 25.1 Å². The molecule has 106 valence electrons. The summed E-state index contributed by atoms with van der Waals surface area (Å²) in [5.74, 6) is 0.490. The SMILES string of the molecule is CC(C)CC(CO)NCc1cccnc1C(N)=NO. The Morgan fingerprint density at radius 2 is 2.26 bits per heavy atom. The van der Waals surface area contributed by atoms with Crippen molar-refractivity contribution >= 4 is 5.84 Å². The topological polar surface area (TPSA) is 104 Å². The average molecular weight is 266 g/mol. The molecule has 6 heteroatoms. The van der Waals surface area contributed by atoms with Gasteiger partial charge in [0.05, 0.1) is 6.61 Å². The van der Waals surface area contributed by atoms with Gasteiger partial charge in [0.2, 0.25) is 0 Å². The molecule has 1 heterocycles. The van der Waals surface area contributed by atoms with Crippen molar-refractivity contribution in [1.29, 1.82) is 0 Å². The Hall–Kier alpha value is -1.66. The predicted molar refractivity (Wildman–Crippen MR) is 73.9 cm³/mol. The number of aromatic nitrogens is 1. The van der Waals surface area contributed by atoms with Crippen molar-refractivity contribution in [2.24, 2.45) is 16.8 Å². The van der Waals surface area contributed by atoms with Crippen LogP contribution in [0.2, 0.25) is 0 Å². The van der Waals surface area contributed by atoms with Gasteiger partial charge >= 0.3 is 0 Å². The zero-order chi connectivity index (χ0) is 14.3. The molecule has 1 unspecified atom stereocenters. The minimum atomic E-state index is -0.0122. The summed E-state index contributed by atoms with van der Waals surface area (Å²) in [5.41, 5.74) is 6.87. The van der Waals surface area contributed by atoms with Crippen LogP contribution in [0.3, 0.4) is 0 Å². The second-order valence-corrected chi connectivity index (χ2v) is 4.89. The number of hydrogen-bond donors (Lipinski definition) is 4. The largest absolute Gasteiger partial charge is 0.409 e. The molecule has 0 bridgehead atoms. The number of pyridine rings is 1. The van der Waals surface area contributed by atoms with Crippen molar-refractivity contribution in [2.75, 3.05) is 6.61 Å². The van der Waals surface area contributed by atoms with Gasteiger partial charge in [-0.3, -0.25) is 4.98 Å². The lowest BCUT2D eigenvalue weighted by molar-refractivity contribution is 0.223. The number of nitrogens with one attached hydrogen (secondary N) is 1. The molecule has 0 aromatic carbocycles. The first-order valence-corrected chi connectivity index (χ1v) is 6.34. The first-order chi connectivity index (χ1) is 9.08. The van der Waals surface area contributed by atoms with Crippen LogP contribution >= 0.6 is 0 Å². The molecule has 0 spiro atoms. The average Bonchev–Trinajstić information content (AvgIpc) is 2.42. The molecule has 0 fully saturated rings. The summed E-state index contributed by atoms with van der Waals surface area (Å²) in [6, 6.07) is 3.68. The third-order valence-electron chi connectivity index (χ3n) is 2.80. The van der Waals surface area contributed by atoms with E-state index in [1.807, 2.05) is 6.07 Å². The Balaban J connectivity index is 2.72. The normalized spacial score (nSPS) is 13.8. The van der Waals surface area contributed by atoms with Gasteiger partial charge in [-0.15, -0.1) is 0 Å². The molecule has 6 nitrogen and oxygen atoms in total. The molecule has 0 saturated carbocycles. The lowest BCUT2D eigenvalue weighted by Crippen LogP contribution is -2.34. The minimum absolute atomic E-state index is 0.0122. The van der Waals surface area contributed by atoms with E-state index in [2.05, 4.69) is 29.3 Å². The van der Waals surface area contributed by atoms with Crippen LogP contribution in [0, 0.1) is 5.92 Å². The fourth-order valence-electron chi connectivity index (χ4n) is 1.90. The number of rotatable bonds is 7. The van der Waals surface area contributed by atoms with E-state index < -0.39 is 0 Å². The van der Waals surface area contributed by atoms with Crippen molar-refractivity contribution in [3.8, 4) is 0 Å². The highest BCUT2D eigenvalue weighted by Gasteiger charge is 2.12. The van der Waals surface area contributed by atoms with Crippen LogP contribution in [0.5, 0.6) is 0 Å². The standard InChI is InChI=1S/C13H22N4O2/c1-9(2)6-11(8-18)16-7-10-4-3-5-15-12(10)13(14)17-19/h3-5,9,11,16,18-19H,6-8H2,1-2H3,(H2,14,17). The number of hydrogen-bond acceptors (Lipinski definition) is 5. The number of aliphatic hydroxyl groups excluding tert-OH is 1. The third kappa shape index (κ3) is 4.84. The molecule has 1 aromatic heterocycles. The molecule has 0 aliphatic carbocycles. The van der Waals surface area contributed by atoms with E-state index in [-0.39, 0.29) is 18.5 Å². The van der Waals surface area contributed by atoms with E-state index in [9.17, 15) is 5.11 Å². The van der Waals surface area contributed by atoms with Crippen molar-refractivity contribution < 1.29 is 10.3 Å². The number of oxime groups is 1. The van der Waals surface area contributed by atoms with E-state index >= 15 is 0 Å². The molecule has 5 N–H and O–H groups in total. The van der Waals surface area contributed by atoms with Crippen LogP contribution in [0.4, 0.5) is 0 Å². The van der Waals surface area contributed by atoms with Crippen LogP contribution in [0.15, 0.2) is 23.5 Å². The van der Waals surface area contributed by atoms with Crippen molar-refractivity contribution in [3.63, 3.8) is 0 Å². The van der Waals surface area contributed by atoms with Crippen LogP contribution in [0.25, 0.3) is 0 Å². The third-order valence-corrected chi connectivity index (χ3v) is 2.80. The second-order valence-electron chi connectivity index (χ2n) is 4.89. The van der Waals surface area contributed by atoms with Crippen LogP contribution in [-0.2, 0) is 6.54 Å². The van der Waals surface area contributed by atoms with Gasteiger partial charge in [0.1, 0.15) is 5.69 Å². The molecule has 1 aromatic rings. The Kier molecular flexibility index (Phi) is 6.24. The lowest BCUT2D eigenvalue weighted by atomic mass is 10.0. The van der Waals surface area contributed by atoms with Crippen LogP contribution in [0.1, 0.15) is 31.5 Å². The molecule has 19 heavy (non-hydrogen) atoms. The highest BCUT2D eigenvalue weighted by molar-refractivity contribution is 5.96. The van der Waals surface area contributed by atoms with Crippen LogP contribution in [-0.4, -0.2) is 33.8 Å². The van der Waals surface area contributed by atoms with E-state index in [0.29, 0.717) is 18.2 Å². The van der Waals surface area contributed by atoms with Gasteiger partial charge in [0.15, 0.2) is 5.84 Å². The van der Waals surface area contributed by atoms with E-state index in [1.165, 1.54) is 0 Å². The minimum Gasteiger partial charge on any atom is -0.409 e. The van der Waals surface area contributed by atoms with Crippen molar-refractivity contribution in [1.82, 2.24) is 10.3 Å². The summed E-state index contributed by atoms with van der Waals surface area (Å²) in [5, 5.41) is 24.3. The van der Waals surface area contributed by atoms with E-state index in [0.717, 1.165) is 12.0 Å². The first kappa shape index (κ1) is 15.4. The summed E-state index contributed by atoms with van der Waals surface area (Å²) in [6.07, 6.45) is 2.48. The van der Waals surface area contributed by atoms with Gasteiger partial charge in [0.25, 0.3) is 0 Å². The Morgan fingerprint density at radius 1 is 1.53 bits per heavy atom. The van der Waals surface area contributed by atoms with Gasteiger partial charge < -0.3 is 21.4 Å². The maximum atomic E-state index is 9.31. The summed E-state index contributed by atoms with van der Waals surface area (Å²) in [4.78, 5) is 4.10. The molecular weight excluding hydrogens is 244 g/mol. The lowest BCUT2D eigenvalue weighted by Gasteiger charge is -2.19. The fourth-order valence-corrected chi connectivity index (χ4v) is 1.90. The zero-order valence-electron chi connectivity index (χ0n) is 11.4. The maximum Gasteiger partial charge on any atom is 0.189 e. The first-order valence-electron chi connectivity index (χ1n) is 6.34. The van der Waals surface area contributed by atoms with Gasteiger partial charge in [-0.05, 0) is 24.0 Å². The quantitative estimate of drug-likeness (QED) is 0.251. The van der Waals surface area contributed by atoms with Crippen molar-refractivity contribution in [2.45, 2.75) is 32.9 Å². The molecule has 1 rings (SSSR count). The Bertz CT molecular complexity index is 421. The molecule has 1 atom stereocenters. The highest BCUT2D eigenvalue weighted by atomic mass is 16.4. The molecule has 0 aliphatic rings. The fraction of sp³-hybridized carbons (Fsp3) is 0.538. The summed E-state index contributed by atoms with van der Waals surface area (Å²) in [6.45, 7) is 4.81. The van der Waals surface area contributed by atoms with Crippen LogP contribution < -0.4 is 11.1 Å². The van der Waals surface area contributed by atoms with E-state index in [4.69, 9.17) is 10.9 Å². The smallest absolute Gasteiger partial charge is 0.189 e. The molecule has 0 radical (unpaired) electrons. The summed E-state index contributed by atoms with van der Waals surface area (Å²) >= 11 is 0. The molecule has 0 amide bonds. The molecular formula is C13H22N4O2. The Labute approximate surface area is 113 Å². The maximum absolute atomic E-state index is 9.31. The summed E-state index contributed by atoms with van der Waals surface area (Å²) in [7, 11) is 0. The number of nitrogens with zero attached hydrogens (tertiary/aromatic N) is 2. The van der Waals surface area contributed by atoms with Crippen molar-refractivity contribution in [3.05, 3.63) is 29.6 Å².